The van der Waals surface area contributed by atoms with E-state index >= 15 is 0 Å². The van der Waals surface area contributed by atoms with Crippen molar-refractivity contribution in [2.45, 2.75) is 307 Å². The minimum absolute atomic E-state index is 0.241. The second kappa shape index (κ2) is 36.7. The van der Waals surface area contributed by atoms with E-state index in [1.807, 2.05) is 13.8 Å². The van der Waals surface area contributed by atoms with Crippen LogP contribution in [0.3, 0.4) is 0 Å². The fourth-order valence-electron chi connectivity index (χ4n) is 12.4. The molecule has 21 N–H and O–H groups in total. The van der Waals surface area contributed by atoms with Gasteiger partial charge in [0.1, 0.15) is 159 Å². The Morgan fingerprint density at radius 1 is 0.402 bits per heavy atom. The summed E-state index contributed by atoms with van der Waals surface area (Å²) < 4.78 is 81.8. The van der Waals surface area contributed by atoms with Gasteiger partial charge in [-0.25, -0.2) is 0 Å². The van der Waals surface area contributed by atoms with Crippen molar-refractivity contribution >= 4 is 0 Å². The zero-order chi connectivity index (χ0) is 71.7. The van der Waals surface area contributed by atoms with Crippen molar-refractivity contribution in [2.24, 2.45) is 0 Å². The van der Waals surface area contributed by atoms with Crippen molar-refractivity contribution in [1.82, 2.24) is 0 Å². The molecule has 0 aromatic carbocycles. The summed E-state index contributed by atoms with van der Waals surface area (Å²) in [7, 11) is 0. The van der Waals surface area contributed by atoms with Crippen molar-refractivity contribution in [1.29, 1.82) is 0 Å². The molecule has 0 aromatic heterocycles. The Bertz CT molecular complexity index is 2480. The first kappa shape index (κ1) is 81.7. The molecule has 0 saturated carbocycles. The van der Waals surface area contributed by atoms with Crippen LogP contribution in [-0.4, -0.2) is 361 Å². The van der Waals surface area contributed by atoms with Crippen molar-refractivity contribution in [3.05, 3.63) is 47.8 Å². The number of allylic oxidation sites excluding steroid dienone is 6. The molecule has 0 radical (unpaired) electrons. The molecule has 0 amide bonds. The smallest absolute Gasteiger partial charge is 0.228 e. The Labute approximate surface area is 559 Å². The summed E-state index contributed by atoms with van der Waals surface area (Å²) >= 11 is 0. The van der Waals surface area contributed by atoms with E-state index in [9.17, 15) is 107 Å². The third-order valence-electron chi connectivity index (χ3n) is 18.7. The van der Waals surface area contributed by atoms with Crippen LogP contribution < -0.4 is 0 Å². The maximum Gasteiger partial charge on any atom is 0.228 e. The molecule has 0 aliphatic carbocycles. The van der Waals surface area contributed by atoms with Crippen molar-refractivity contribution < 1.29 is 174 Å². The van der Waals surface area contributed by atoms with Crippen LogP contribution in [0, 0.1) is 0 Å². The molecule has 7 aliphatic rings. The largest absolute Gasteiger partial charge is 0.467 e. The van der Waals surface area contributed by atoms with Crippen LogP contribution in [0.4, 0.5) is 0 Å². The molecular weight excluding hydrogens is 1300 g/mol. The number of rotatable bonds is 30. The van der Waals surface area contributed by atoms with Gasteiger partial charge in [-0.2, -0.15) is 0 Å². The zero-order valence-corrected chi connectivity index (χ0v) is 54.8. The molecule has 35 heteroatoms. The van der Waals surface area contributed by atoms with E-state index in [4.69, 9.17) is 66.3 Å². The predicted molar refractivity (Wildman–Crippen MR) is 322 cm³/mol. The molecule has 7 fully saturated rings. The highest BCUT2D eigenvalue weighted by atomic mass is 16.8. The minimum Gasteiger partial charge on any atom is -0.467 e. The second-order valence-electron chi connectivity index (χ2n) is 25.9. The lowest BCUT2D eigenvalue weighted by atomic mass is 9.95. The van der Waals surface area contributed by atoms with Crippen LogP contribution in [0.15, 0.2) is 47.8 Å². The van der Waals surface area contributed by atoms with E-state index in [-0.39, 0.29) is 5.76 Å². The first-order valence-corrected chi connectivity index (χ1v) is 32.7. The van der Waals surface area contributed by atoms with Crippen LogP contribution in [0.5, 0.6) is 0 Å². The number of hydrogen-bond acceptors (Lipinski definition) is 35. The van der Waals surface area contributed by atoms with Gasteiger partial charge in [0.2, 0.25) is 6.29 Å². The summed E-state index contributed by atoms with van der Waals surface area (Å²) in [5.41, 5.74) is 0.973. The molecule has 0 unspecified atom stereocenters. The van der Waals surface area contributed by atoms with E-state index in [1.54, 1.807) is 19.9 Å². The topological polar surface area (TPSA) is 554 Å². The lowest BCUT2D eigenvalue weighted by Crippen LogP contribution is -2.66. The van der Waals surface area contributed by atoms with Gasteiger partial charge in [0.05, 0.1) is 56.6 Å². The maximum atomic E-state index is 11.8. The molecule has 7 rings (SSSR count). The molecule has 0 aromatic rings. The lowest BCUT2D eigenvalue weighted by Gasteiger charge is -2.48. The van der Waals surface area contributed by atoms with Crippen LogP contribution in [-0.2, 0) is 66.3 Å². The summed E-state index contributed by atoms with van der Waals surface area (Å²) in [6, 6.07) is 0. The number of aliphatic hydroxyl groups is 21. The predicted octanol–water partition coefficient (Wildman–Crippen LogP) is -7.73. The zero-order valence-electron chi connectivity index (χ0n) is 54.8. The maximum absolute atomic E-state index is 11.8. The van der Waals surface area contributed by atoms with Gasteiger partial charge in [0.25, 0.3) is 0 Å². The van der Waals surface area contributed by atoms with Gasteiger partial charge in [-0.05, 0) is 85.6 Å². The standard InChI is InChI=1S/C62H104O35/c1-8-28(17-12-18-62(7,9-2)97-61-54(41(74)37(70)32(22-66)91-61)96-60-47(80)40(73)36(69)31(21-65)90-60)16-11-14-24(3)13-10-15-25(4)85-56-50(83)44(77)53(95-57-49(82)43(76)52(27(6)87-57)94-59-46(79)39(72)35(68)30(20-64)89-59)33(92-56)23-84-55-48(81)42(75)51(26(5)86-55)93-58-45(78)38(71)34(67)29(19-63)88-58/h9,14-15,17,26-27,29-61,63-83H,2,8,10-13,16,18-23H2,1,3-7H3/b24-14+,25-15-,28-17+/t26-,27-,29+,30+,31+,32+,33+,34+,35+,36+,37+,38-,39-,40-,41-,42-,43-,44+,45+,46+,47+,48+,49+,50+,51-,52-,53+,54+,55+,56+,57-,58-,59-,60-,61-,62+/m0/s1. The average molecular weight is 1410 g/mol. The molecule has 562 valence electrons. The quantitative estimate of drug-likeness (QED) is 0.0235. The van der Waals surface area contributed by atoms with E-state index < -0.39 is 254 Å². The summed E-state index contributed by atoms with van der Waals surface area (Å²) in [6.07, 6.45) is -47.6. The normalized spacial score (nSPS) is 46.5. The molecular formula is C62H104O35. The van der Waals surface area contributed by atoms with Gasteiger partial charge in [-0.15, -0.1) is 6.58 Å². The summed E-state index contributed by atoms with van der Waals surface area (Å²) in [4.78, 5) is 0. The number of hydrogen-bond donors (Lipinski definition) is 21. The molecule has 7 saturated heterocycles. The van der Waals surface area contributed by atoms with Gasteiger partial charge in [0.15, 0.2) is 37.7 Å². The fraction of sp³-hybridized carbons (Fsp3) is 0.871. The SMILES string of the molecule is C=C[C@](C)(CC/C=C(\CC)CC/C=C(\C)CC/C=C(/C)O[C@@H]1O[C@H](CO[C@@H]2O[C@@H](C)[C@H](O[C@@H]3O[C@H](CO)[C@@H](O)[C@H](O)[C@H]3O)[C@@H](O)[C@H]2O)[C@@H](O[C@@H]2O[C@@H](C)[C@H](O[C@@H]3O[C@H](CO)[C@@H](O)[C@H](O)[C@H]3O)[C@@H](O)[C@H]2O)[C@H](O)[C@H]1O)O[C@@H]1O[C@H](CO)[C@@H](O)[C@H](O)[C@H]1O[C@@H]1O[C@H](CO)[C@@H](O)[C@H](O)[C@H]1O. The summed E-state index contributed by atoms with van der Waals surface area (Å²) in [5.74, 6) is 0.241. The van der Waals surface area contributed by atoms with Gasteiger partial charge >= 0.3 is 0 Å². The Morgan fingerprint density at radius 2 is 0.773 bits per heavy atom. The van der Waals surface area contributed by atoms with Crippen molar-refractivity contribution in [3.8, 4) is 0 Å². The van der Waals surface area contributed by atoms with Gasteiger partial charge in [-0.3, -0.25) is 0 Å². The molecule has 97 heavy (non-hydrogen) atoms. The van der Waals surface area contributed by atoms with Gasteiger partial charge in [0, 0.05) is 0 Å². The fourth-order valence-corrected chi connectivity index (χ4v) is 12.4. The highest BCUT2D eigenvalue weighted by Gasteiger charge is 2.57. The number of aliphatic hydroxyl groups excluding tert-OH is 21. The molecule has 36 atom stereocenters. The van der Waals surface area contributed by atoms with E-state index in [2.05, 4.69) is 18.7 Å². The van der Waals surface area contributed by atoms with Crippen LogP contribution in [0.25, 0.3) is 0 Å². The molecule has 7 heterocycles. The van der Waals surface area contributed by atoms with Crippen LogP contribution in [0.1, 0.15) is 86.5 Å². The summed E-state index contributed by atoms with van der Waals surface area (Å²) in [5, 5.41) is 223. The molecule has 0 bridgehead atoms. The monoisotopic (exact) mass is 1410 g/mol. The van der Waals surface area contributed by atoms with Crippen molar-refractivity contribution in [3.63, 3.8) is 0 Å². The first-order valence-electron chi connectivity index (χ1n) is 32.7. The van der Waals surface area contributed by atoms with Gasteiger partial charge in [-0.1, -0.05) is 36.3 Å². The lowest BCUT2D eigenvalue weighted by molar-refractivity contribution is -0.380. The molecule has 7 aliphatic heterocycles. The summed E-state index contributed by atoms with van der Waals surface area (Å²) in [6.45, 7) is 10.2. The van der Waals surface area contributed by atoms with Gasteiger partial charge < -0.3 is 174 Å². The Morgan fingerprint density at radius 3 is 1.25 bits per heavy atom. The first-order chi connectivity index (χ1) is 45.9. The minimum atomic E-state index is -2.02. The van der Waals surface area contributed by atoms with E-state index in [0.29, 0.717) is 44.9 Å². The molecule has 0 spiro atoms. The van der Waals surface area contributed by atoms with Crippen LogP contribution >= 0.6 is 0 Å². The average Bonchev–Trinajstić information content (AvgIpc) is 0.795. The third kappa shape index (κ3) is 19.6. The van der Waals surface area contributed by atoms with E-state index in [0.717, 1.165) is 11.1 Å². The Kier molecular flexibility index (Phi) is 30.9. The van der Waals surface area contributed by atoms with Crippen molar-refractivity contribution in [2.75, 3.05) is 33.0 Å². The Hall–Kier alpha value is -2.60. The van der Waals surface area contributed by atoms with E-state index in [1.165, 1.54) is 19.9 Å². The number of ether oxygens (including phenoxy) is 14. The van der Waals surface area contributed by atoms with Crippen LogP contribution in [0.2, 0.25) is 0 Å². The second-order valence-corrected chi connectivity index (χ2v) is 25.9. The molecule has 35 nitrogen and oxygen atoms in total. The highest BCUT2D eigenvalue weighted by Crippen LogP contribution is 2.38. The third-order valence-corrected chi connectivity index (χ3v) is 18.7. The Balaban J connectivity index is 0.963. The highest BCUT2D eigenvalue weighted by molar-refractivity contribution is 5.09.